The first-order valence-corrected chi connectivity index (χ1v) is 6.75. The Kier molecular flexibility index (Phi) is 2.67. The van der Waals surface area contributed by atoms with Crippen LogP contribution in [0.4, 0.5) is 5.82 Å². The number of hydrogen-bond donors (Lipinski definition) is 1. The number of rotatable bonds is 2. The zero-order chi connectivity index (χ0) is 12.6. The smallest absolute Gasteiger partial charge is 0.173 e. The number of sulfone groups is 1. The van der Waals surface area contributed by atoms with E-state index in [1.165, 1.54) is 5.41 Å². The van der Waals surface area contributed by atoms with E-state index in [0.717, 1.165) is 0 Å². The average Bonchev–Trinajstić information content (AvgIpc) is 2.69. The predicted molar refractivity (Wildman–Crippen MR) is 63.0 cm³/mol. The number of hydrogen-bond acceptors (Lipinski definition) is 5. The van der Waals surface area contributed by atoms with Crippen LogP contribution >= 0.6 is 0 Å². The summed E-state index contributed by atoms with van der Waals surface area (Å²) in [6.07, 6.45) is 1.58. The SMILES string of the molecule is Cc1nn(C)c(NC2C=CS(=O)(=O)C2)c1C#N. The highest BCUT2D eigenvalue weighted by Gasteiger charge is 2.24. The van der Waals surface area contributed by atoms with Crippen molar-refractivity contribution in [3.05, 3.63) is 22.7 Å². The van der Waals surface area contributed by atoms with Gasteiger partial charge in [-0.3, -0.25) is 4.68 Å². The Morgan fingerprint density at radius 2 is 2.35 bits per heavy atom. The topological polar surface area (TPSA) is 87.8 Å². The van der Waals surface area contributed by atoms with Crippen LogP contribution in [0, 0.1) is 18.3 Å². The molecule has 0 saturated carbocycles. The molecular weight excluding hydrogens is 240 g/mol. The van der Waals surface area contributed by atoms with Crippen molar-refractivity contribution in [2.24, 2.45) is 7.05 Å². The van der Waals surface area contributed by atoms with Crippen molar-refractivity contribution in [1.82, 2.24) is 9.78 Å². The number of nitrogens with one attached hydrogen (secondary N) is 1. The standard InChI is InChI=1S/C10H12N4O2S/c1-7-9(5-11)10(14(2)13-7)12-8-3-4-17(15,16)6-8/h3-4,8,12H,6H2,1-2H3. The van der Waals surface area contributed by atoms with Gasteiger partial charge in [0.1, 0.15) is 17.5 Å². The summed E-state index contributed by atoms with van der Waals surface area (Å²) < 4.78 is 24.1. The number of nitrogens with zero attached hydrogens (tertiary/aromatic N) is 3. The summed E-state index contributed by atoms with van der Waals surface area (Å²) in [6.45, 7) is 1.74. The molecule has 0 radical (unpaired) electrons. The van der Waals surface area contributed by atoms with E-state index in [1.807, 2.05) is 0 Å². The molecule has 17 heavy (non-hydrogen) atoms. The number of nitriles is 1. The van der Waals surface area contributed by atoms with Gasteiger partial charge in [0, 0.05) is 12.5 Å². The van der Waals surface area contributed by atoms with Gasteiger partial charge in [0.2, 0.25) is 0 Å². The fourth-order valence-electron chi connectivity index (χ4n) is 1.80. The van der Waals surface area contributed by atoms with E-state index in [4.69, 9.17) is 5.26 Å². The fraction of sp³-hybridized carbons (Fsp3) is 0.400. The molecule has 1 N–H and O–H groups in total. The van der Waals surface area contributed by atoms with Crippen LogP contribution in [0.1, 0.15) is 11.3 Å². The second-order valence-corrected chi connectivity index (χ2v) is 5.88. The molecule has 1 aliphatic rings. The van der Waals surface area contributed by atoms with Crippen molar-refractivity contribution < 1.29 is 8.42 Å². The van der Waals surface area contributed by atoms with Crippen LogP contribution in [0.5, 0.6) is 0 Å². The molecule has 0 fully saturated rings. The molecule has 0 saturated heterocycles. The van der Waals surface area contributed by atoms with E-state index >= 15 is 0 Å². The molecule has 6 nitrogen and oxygen atoms in total. The molecule has 1 aromatic heterocycles. The molecule has 1 unspecified atom stereocenters. The lowest BCUT2D eigenvalue weighted by Crippen LogP contribution is -2.22. The highest BCUT2D eigenvalue weighted by molar-refractivity contribution is 7.94. The Labute approximate surface area is 99.5 Å². The van der Waals surface area contributed by atoms with Gasteiger partial charge in [-0.15, -0.1) is 0 Å². The fourth-order valence-corrected chi connectivity index (χ4v) is 3.03. The lowest BCUT2D eigenvalue weighted by Gasteiger charge is -2.11. The first kappa shape index (κ1) is 11.7. The van der Waals surface area contributed by atoms with Gasteiger partial charge < -0.3 is 5.32 Å². The van der Waals surface area contributed by atoms with E-state index in [0.29, 0.717) is 17.1 Å². The number of aryl methyl sites for hydroxylation is 2. The second-order valence-electron chi connectivity index (χ2n) is 3.95. The Balaban J connectivity index is 2.27. The summed E-state index contributed by atoms with van der Waals surface area (Å²) >= 11 is 0. The van der Waals surface area contributed by atoms with Crippen molar-refractivity contribution in [3.8, 4) is 6.07 Å². The van der Waals surface area contributed by atoms with Crippen LogP contribution in [0.2, 0.25) is 0 Å². The van der Waals surface area contributed by atoms with Gasteiger partial charge in [-0.2, -0.15) is 10.4 Å². The highest BCUT2D eigenvalue weighted by atomic mass is 32.2. The summed E-state index contributed by atoms with van der Waals surface area (Å²) in [5.41, 5.74) is 1.08. The molecule has 2 rings (SSSR count). The van der Waals surface area contributed by atoms with Crippen molar-refractivity contribution in [1.29, 1.82) is 5.26 Å². The third-order valence-corrected chi connectivity index (χ3v) is 3.98. The maximum atomic E-state index is 11.3. The first-order chi connectivity index (χ1) is 7.93. The zero-order valence-electron chi connectivity index (χ0n) is 9.51. The zero-order valence-corrected chi connectivity index (χ0v) is 10.3. The molecule has 0 aliphatic carbocycles. The summed E-state index contributed by atoms with van der Waals surface area (Å²) in [4.78, 5) is 0. The van der Waals surface area contributed by atoms with Gasteiger partial charge in [0.05, 0.1) is 17.5 Å². The molecule has 1 aliphatic heterocycles. The highest BCUT2D eigenvalue weighted by Crippen LogP contribution is 2.20. The predicted octanol–water partition coefficient (Wildman–Crippen LogP) is 0.323. The molecule has 7 heteroatoms. The molecule has 0 spiro atoms. The summed E-state index contributed by atoms with van der Waals surface area (Å²) in [6, 6.07) is 1.76. The van der Waals surface area contributed by atoms with Gasteiger partial charge in [0.15, 0.2) is 9.84 Å². The van der Waals surface area contributed by atoms with E-state index in [9.17, 15) is 8.42 Å². The lowest BCUT2D eigenvalue weighted by atomic mass is 10.2. The summed E-state index contributed by atoms with van der Waals surface area (Å²) in [7, 11) is -1.39. The molecule has 0 aromatic carbocycles. The van der Waals surface area contributed by atoms with E-state index in [1.54, 1.807) is 24.7 Å². The van der Waals surface area contributed by atoms with Gasteiger partial charge in [-0.1, -0.05) is 0 Å². The number of anilines is 1. The van der Waals surface area contributed by atoms with E-state index < -0.39 is 9.84 Å². The normalized spacial score (nSPS) is 21.4. The Morgan fingerprint density at radius 1 is 1.65 bits per heavy atom. The van der Waals surface area contributed by atoms with Crippen molar-refractivity contribution in [2.45, 2.75) is 13.0 Å². The Bertz CT molecular complexity index is 621. The number of aromatic nitrogens is 2. The minimum atomic E-state index is -3.10. The molecule has 1 atom stereocenters. The van der Waals surface area contributed by atoms with Gasteiger partial charge in [0.25, 0.3) is 0 Å². The quantitative estimate of drug-likeness (QED) is 0.819. The summed E-state index contributed by atoms with van der Waals surface area (Å²) in [5, 5.41) is 17.3. The maximum absolute atomic E-state index is 11.3. The minimum absolute atomic E-state index is 0.0160. The largest absolute Gasteiger partial charge is 0.362 e. The van der Waals surface area contributed by atoms with Crippen molar-refractivity contribution in [2.75, 3.05) is 11.1 Å². The second kappa shape index (κ2) is 3.89. The molecular formula is C10H12N4O2S. The van der Waals surface area contributed by atoms with Gasteiger partial charge in [-0.25, -0.2) is 8.42 Å². The average molecular weight is 252 g/mol. The van der Waals surface area contributed by atoms with Crippen molar-refractivity contribution in [3.63, 3.8) is 0 Å². The van der Waals surface area contributed by atoms with Crippen LogP contribution in [0.25, 0.3) is 0 Å². The van der Waals surface area contributed by atoms with E-state index in [-0.39, 0.29) is 11.8 Å². The maximum Gasteiger partial charge on any atom is 0.173 e. The lowest BCUT2D eigenvalue weighted by molar-refractivity contribution is 0.605. The molecule has 0 amide bonds. The van der Waals surface area contributed by atoms with Crippen LogP contribution in [-0.4, -0.2) is 30.0 Å². The van der Waals surface area contributed by atoms with Crippen molar-refractivity contribution >= 4 is 15.7 Å². The van der Waals surface area contributed by atoms with Gasteiger partial charge >= 0.3 is 0 Å². The molecule has 0 bridgehead atoms. The van der Waals surface area contributed by atoms with Crippen LogP contribution < -0.4 is 5.32 Å². The van der Waals surface area contributed by atoms with Crippen LogP contribution in [-0.2, 0) is 16.9 Å². The van der Waals surface area contributed by atoms with Crippen LogP contribution in [0.15, 0.2) is 11.5 Å². The van der Waals surface area contributed by atoms with E-state index in [2.05, 4.69) is 16.5 Å². The first-order valence-electron chi connectivity index (χ1n) is 5.04. The third-order valence-electron chi connectivity index (χ3n) is 2.59. The summed E-state index contributed by atoms with van der Waals surface area (Å²) in [5.74, 6) is 0.569. The molecule has 1 aromatic rings. The Hall–Kier alpha value is -1.81. The third kappa shape index (κ3) is 2.17. The van der Waals surface area contributed by atoms with Crippen LogP contribution in [0.3, 0.4) is 0 Å². The minimum Gasteiger partial charge on any atom is -0.362 e. The molecule has 2 heterocycles. The Morgan fingerprint density at radius 3 is 2.88 bits per heavy atom. The van der Waals surface area contributed by atoms with Gasteiger partial charge in [-0.05, 0) is 13.0 Å². The monoisotopic (exact) mass is 252 g/mol. The molecule has 90 valence electrons.